The zero-order chi connectivity index (χ0) is 17.6. The van der Waals surface area contributed by atoms with Crippen LogP contribution in [0.5, 0.6) is 0 Å². The molecule has 7 nitrogen and oxygen atoms in total. The molecule has 0 radical (unpaired) electrons. The van der Waals surface area contributed by atoms with Gasteiger partial charge in [0.05, 0.1) is 0 Å². The smallest absolute Gasteiger partial charge is 0.248 e. The first-order chi connectivity index (χ1) is 12.2. The maximum absolute atomic E-state index is 5.50. The van der Waals surface area contributed by atoms with Gasteiger partial charge in [-0.05, 0) is 45.4 Å². The van der Waals surface area contributed by atoms with Crippen molar-refractivity contribution in [3.05, 3.63) is 11.7 Å². The Bertz CT molecular complexity index is 566. The Morgan fingerprint density at radius 2 is 2.00 bits per heavy atom. The second kappa shape index (κ2) is 10.4. The van der Waals surface area contributed by atoms with Crippen LogP contribution >= 0.6 is 24.0 Å². The number of fused-ring (bicyclic) bond motifs is 1. The summed E-state index contributed by atoms with van der Waals surface area (Å²) in [6, 6.07) is 0. The minimum absolute atomic E-state index is 0. The summed E-state index contributed by atoms with van der Waals surface area (Å²) >= 11 is 0. The maximum atomic E-state index is 5.50. The molecule has 0 amide bonds. The minimum Gasteiger partial charge on any atom is -0.371 e. The normalized spacial score (nSPS) is 24.1. The summed E-state index contributed by atoms with van der Waals surface area (Å²) < 4.78 is 10.8. The van der Waals surface area contributed by atoms with Crippen LogP contribution in [0.3, 0.4) is 0 Å². The highest BCUT2D eigenvalue weighted by atomic mass is 127. The van der Waals surface area contributed by atoms with Crippen LogP contribution in [0.15, 0.2) is 9.52 Å². The molecule has 3 unspecified atom stereocenters. The van der Waals surface area contributed by atoms with Crippen LogP contribution in [-0.4, -0.2) is 47.2 Å². The Kier molecular flexibility index (Phi) is 8.59. The van der Waals surface area contributed by atoms with Crippen molar-refractivity contribution < 1.29 is 9.26 Å². The molecule has 8 heteroatoms. The Balaban J connectivity index is 0.00000243. The summed E-state index contributed by atoms with van der Waals surface area (Å²) in [5.41, 5.74) is 0. The van der Waals surface area contributed by atoms with E-state index in [0.717, 1.165) is 37.4 Å². The molecule has 26 heavy (non-hydrogen) atoms. The average Bonchev–Trinajstić information content (AvgIpc) is 3.25. The van der Waals surface area contributed by atoms with Gasteiger partial charge in [-0.25, -0.2) is 4.99 Å². The van der Waals surface area contributed by atoms with E-state index >= 15 is 0 Å². The molecule has 1 saturated heterocycles. The molecule has 1 aromatic heterocycles. The van der Waals surface area contributed by atoms with Gasteiger partial charge >= 0.3 is 0 Å². The number of halogens is 1. The first-order valence-electron chi connectivity index (χ1n) is 9.68. The van der Waals surface area contributed by atoms with Crippen molar-refractivity contribution in [2.24, 2.45) is 16.8 Å². The Hall–Kier alpha value is -0.900. The van der Waals surface area contributed by atoms with Crippen molar-refractivity contribution in [3.8, 4) is 0 Å². The lowest BCUT2D eigenvalue weighted by Crippen LogP contribution is -2.40. The lowest BCUT2D eigenvalue weighted by molar-refractivity contribution is 0.0683. The highest BCUT2D eigenvalue weighted by Gasteiger charge is 2.35. The average molecular weight is 477 g/mol. The molecule has 2 heterocycles. The van der Waals surface area contributed by atoms with Crippen molar-refractivity contribution in [1.29, 1.82) is 0 Å². The molecule has 3 atom stereocenters. The molecule has 1 aliphatic carbocycles. The molecule has 0 spiro atoms. The Labute approximate surface area is 173 Å². The summed E-state index contributed by atoms with van der Waals surface area (Å²) in [4.78, 5) is 11.5. The fourth-order valence-corrected chi connectivity index (χ4v) is 3.97. The fraction of sp³-hybridized carbons (Fsp3) is 0.833. The predicted molar refractivity (Wildman–Crippen MR) is 112 cm³/mol. The third-order valence-corrected chi connectivity index (χ3v) is 5.24. The SMILES string of the molecule is CCNC(=NCc1nc(C(C)OCC)no1)N1CC2CCCCC2C1.I. The zero-order valence-corrected chi connectivity index (χ0v) is 18.4. The Morgan fingerprint density at radius 3 is 2.62 bits per heavy atom. The molecule has 1 aromatic rings. The van der Waals surface area contributed by atoms with E-state index in [1.54, 1.807) is 0 Å². The van der Waals surface area contributed by atoms with Gasteiger partial charge < -0.3 is 19.5 Å². The highest BCUT2D eigenvalue weighted by molar-refractivity contribution is 14.0. The van der Waals surface area contributed by atoms with Crippen molar-refractivity contribution in [2.75, 3.05) is 26.2 Å². The van der Waals surface area contributed by atoms with E-state index in [0.29, 0.717) is 24.9 Å². The molecule has 2 aliphatic rings. The molecule has 1 N–H and O–H groups in total. The van der Waals surface area contributed by atoms with Gasteiger partial charge in [0.15, 0.2) is 11.8 Å². The topological polar surface area (TPSA) is 75.8 Å². The van der Waals surface area contributed by atoms with E-state index in [4.69, 9.17) is 14.3 Å². The largest absolute Gasteiger partial charge is 0.371 e. The second-order valence-corrected chi connectivity index (χ2v) is 7.02. The van der Waals surface area contributed by atoms with Gasteiger partial charge in [-0.1, -0.05) is 18.0 Å². The van der Waals surface area contributed by atoms with Gasteiger partial charge in [0.2, 0.25) is 5.89 Å². The van der Waals surface area contributed by atoms with Crippen LogP contribution in [0, 0.1) is 11.8 Å². The number of aliphatic imine (C=N–C) groups is 1. The number of nitrogens with zero attached hydrogens (tertiary/aromatic N) is 4. The third kappa shape index (κ3) is 5.31. The molecular formula is C18H32IN5O2. The van der Waals surface area contributed by atoms with E-state index in [2.05, 4.69) is 27.3 Å². The van der Waals surface area contributed by atoms with Gasteiger partial charge in [0.1, 0.15) is 12.6 Å². The van der Waals surface area contributed by atoms with E-state index < -0.39 is 0 Å². The number of hydrogen-bond acceptors (Lipinski definition) is 5. The predicted octanol–water partition coefficient (Wildman–Crippen LogP) is 3.37. The van der Waals surface area contributed by atoms with Gasteiger partial charge in [0.25, 0.3) is 0 Å². The first-order valence-corrected chi connectivity index (χ1v) is 9.68. The number of hydrogen-bond donors (Lipinski definition) is 1. The van der Waals surface area contributed by atoms with Crippen LogP contribution in [0.2, 0.25) is 0 Å². The Morgan fingerprint density at radius 1 is 1.31 bits per heavy atom. The van der Waals surface area contributed by atoms with E-state index in [1.165, 1.54) is 25.7 Å². The van der Waals surface area contributed by atoms with Crippen LogP contribution in [0.1, 0.15) is 64.3 Å². The van der Waals surface area contributed by atoms with Crippen LogP contribution in [0.4, 0.5) is 0 Å². The van der Waals surface area contributed by atoms with Crippen molar-refractivity contribution in [2.45, 2.75) is 59.1 Å². The monoisotopic (exact) mass is 477 g/mol. The fourth-order valence-electron chi connectivity index (χ4n) is 3.97. The standard InChI is InChI=1S/C18H31N5O2.HI/c1-4-19-18(23-11-14-8-6-7-9-15(14)12-23)20-10-16-21-17(22-25-16)13(3)24-5-2;/h13-15H,4-12H2,1-3H3,(H,19,20);1H. The number of guanidine groups is 1. The van der Waals surface area contributed by atoms with Crippen molar-refractivity contribution in [3.63, 3.8) is 0 Å². The highest BCUT2D eigenvalue weighted by Crippen LogP contribution is 2.35. The van der Waals surface area contributed by atoms with Crippen molar-refractivity contribution in [1.82, 2.24) is 20.4 Å². The number of nitrogens with one attached hydrogen (secondary N) is 1. The molecule has 148 valence electrons. The van der Waals surface area contributed by atoms with Crippen molar-refractivity contribution >= 4 is 29.9 Å². The first kappa shape index (κ1) is 21.4. The lowest BCUT2D eigenvalue weighted by Gasteiger charge is -2.22. The summed E-state index contributed by atoms with van der Waals surface area (Å²) in [6.07, 6.45) is 5.34. The number of ether oxygens (including phenoxy) is 1. The summed E-state index contributed by atoms with van der Waals surface area (Å²) in [5.74, 6) is 3.76. The van der Waals surface area contributed by atoms with Gasteiger partial charge in [-0.15, -0.1) is 24.0 Å². The van der Waals surface area contributed by atoms with Gasteiger partial charge in [0, 0.05) is 26.2 Å². The quantitative estimate of drug-likeness (QED) is 0.385. The van der Waals surface area contributed by atoms with E-state index in [9.17, 15) is 0 Å². The lowest BCUT2D eigenvalue weighted by atomic mass is 9.82. The third-order valence-electron chi connectivity index (χ3n) is 5.24. The number of aromatic nitrogens is 2. The molecule has 1 aliphatic heterocycles. The minimum atomic E-state index is -0.151. The molecule has 0 bridgehead atoms. The van der Waals surface area contributed by atoms with Gasteiger partial charge in [-0.3, -0.25) is 0 Å². The van der Waals surface area contributed by atoms with E-state index in [1.807, 2.05) is 13.8 Å². The molecule has 3 rings (SSSR count). The number of rotatable bonds is 6. The maximum Gasteiger partial charge on any atom is 0.248 e. The summed E-state index contributed by atoms with van der Waals surface area (Å²) in [6.45, 7) is 10.1. The number of likely N-dealkylation sites (tertiary alicyclic amines) is 1. The molecule has 0 aromatic carbocycles. The van der Waals surface area contributed by atoms with Crippen LogP contribution in [-0.2, 0) is 11.3 Å². The molecular weight excluding hydrogens is 445 g/mol. The summed E-state index contributed by atoms with van der Waals surface area (Å²) in [7, 11) is 0. The van der Waals surface area contributed by atoms with Crippen LogP contribution in [0.25, 0.3) is 0 Å². The van der Waals surface area contributed by atoms with E-state index in [-0.39, 0.29) is 30.1 Å². The molecule has 1 saturated carbocycles. The van der Waals surface area contributed by atoms with Gasteiger partial charge in [-0.2, -0.15) is 4.98 Å². The summed E-state index contributed by atoms with van der Waals surface area (Å²) in [5, 5.41) is 7.42. The molecule has 2 fully saturated rings. The zero-order valence-electron chi connectivity index (χ0n) is 16.1. The van der Waals surface area contributed by atoms with Crippen LogP contribution < -0.4 is 5.32 Å². The second-order valence-electron chi connectivity index (χ2n) is 7.02.